The smallest absolute Gasteiger partial charge is 0.268 e. The first-order valence-electron chi connectivity index (χ1n) is 6.66. The molecule has 0 fully saturated rings. The van der Waals surface area contributed by atoms with Crippen molar-refractivity contribution in [2.75, 3.05) is 13.2 Å². The third-order valence-corrected chi connectivity index (χ3v) is 3.91. The van der Waals surface area contributed by atoms with Crippen molar-refractivity contribution in [3.8, 4) is 11.1 Å². The lowest BCUT2D eigenvalue weighted by atomic mass is 10.1. The van der Waals surface area contributed by atoms with Gasteiger partial charge in [0.25, 0.3) is 5.91 Å². The maximum Gasteiger partial charge on any atom is 0.268 e. The van der Waals surface area contributed by atoms with Gasteiger partial charge in [-0.3, -0.25) is 4.79 Å². The molecule has 110 valence electrons. The maximum atomic E-state index is 14.0. The monoisotopic (exact) mass is 308 g/mol. The molecule has 3 rings (SSSR count). The van der Waals surface area contributed by atoms with Crippen molar-refractivity contribution in [3.05, 3.63) is 47.0 Å². The van der Waals surface area contributed by atoms with E-state index in [9.17, 15) is 9.18 Å². The summed E-state index contributed by atoms with van der Waals surface area (Å²) in [4.78, 5) is 11.9. The molecule has 2 aromatic rings. The second kappa shape index (κ2) is 5.50. The van der Waals surface area contributed by atoms with E-state index in [2.05, 4.69) is 5.32 Å². The second-order valence-electron chi connectivity index (χ2n) is 5.02. The van der Waals surface area contributed by atoms with Gasteiger partial charge in [0.2, 0.25) is 0 Å². The highest BCUT2D eigenvalue weighted by atomic mass is 35.5. The molecule has 2 heterocycles. The number of carbonyl (C=O) groups excluding carboxylic acids is 1. The van der Waals surface area contributed by atoms with E-state index in [1.165, 1.54) is 18.2 Å². The zero-order valence-corrected chi connectivity index (χ0v) is 11.9. The van der Waals surface area contributed by atoms with Gasteiger partial charge in [-0.25, -0.2) is 4.39 Å². The van der Waals surface area contributed by atoms with Crippen molar-refractivity contribution in [2.45, 2.75) is 12.5 Å². The molecular formula is C15H14ClFN2O2. The quantitative estimate of drug-likeness (QED) is 0.916. The first-order chi connectivity index (χ1) is 10.1. The minimum Gasteiger partial charge on any atom is -0.396 e. The fraction of sp³-hybridized carbons (Fsp3) is 0.267. The first kappa shape index (κ1) is 14.1. The van der Waals surface area contributed by atoms with Gasteiger partial charge in [-0.15, -0.1) is 0 Å². The summed E-state index contributed by atoms with van der Waals surface area (Å²) in [5.74, 6) is -0.584. The highest BCUT2D eigenvalue weighted by Crippen LogP contribution is 2.31. The minimum atomic E-state index is -0.388. The lowest BCUT2D eigenvalue weighted by molar-refractivity contribution is 0.0907. The summed E-state index contributed by atoms with van der Waals surface area (Å²) in [6.45, 7) is 0.484. The van der Waals surface area contributed by atoms with Gasteiger partial charge < -0.3 is 15.0 Å². The number of nitrogens with zero attached hydrogens (tertiary/aromatic N) is 1. The molecule has 1 atom stereocenters. The molecule has 0 bridgehead atoms. The van der Waals surface area contributed by atoms with E-state index in [0.29, 0.717) is 34.8 Å². The molecule has 1 amide bonds. The normalized spacial score (nSPS) is 17.5. The van der Waals surface area contributed by atoms with E-state index in [4.69, 9.17) is 16.7 Å². The van der Waals surface area contributed by atoms with Crippen LogP contribution in [0.25, 0.3) is 11.1 Å². The van der Waals surface area contributed by atoms with Gasteiger partial charge in [-0.2, -0.15) is 0 Å². The van der Waals surface area contributed by atoms with Crippen LogP contribution >= 0.6 is 11.6 Å². The van der Waals surface area contributed by atoms with Crippen LogP contribution in [0.5, 0.6) is 0 Å². The number of hydrogen-bond donors (Lipinski definition) is 2. The van der Waals surface area contributed by atoms with Crippen molar-refractivity contribution in [2.24, 2.45) is 0 Å². The Labute approximate surface area is 126 Å². The van der Waals surface area contributed by atoms with Crippen LogP contribution < -0.4 is 5.32 Å². The van der Waals surface area contributed by atoms with E-state index < -0.39 is 0 Å². The number of benzene rings is 1. The number of hydrogen-bond acceptors (Lipinski definition) is 2. The molecule has 6 heteroatoms. The summed E-state index contributed by atoms with van der Waals surface area (Å²) in [5.41, 5.74) is 1.43. The Bertz CT molecular complexity index is 699. The zero-order valence-electron chi connectivity index (χ0n) is 11.1. The summed E-state index contributed by atoms with van der Waals surface area (Å²) in [5, 5.41) is 12.3. The van der Waals surface area contributed by atoms with Gasteiger partial charge in [0.15, 0.2) is 0 Å². The van der Waals surface area contributed by atoms with E-state index in [1.54, 1.807) is 16.8 Å². The summed E-state index contributed by atoms with van der Waals surface area (Å²) in [6.07, 6.45) is 2.27. The van der Waals surface area contributed by atoms with Crippen LogP contribution in [0.3, 0.4) is 0 Å². The van der Waals surface area contributed by atoms with Gasteiger partial charge in [-0.05, 0) is 30.7 Å². The number of aliphatic hydroxyl groups excluding tert-OH is 1. The number of nitrogens with one attached hydrogen (secondary N) is 1. The molecule has 1 aliphatic heterocycles. The molecule has 1 aliphatic rings. The number of aliphatic hydroxyl groups is 1. The van der Waals surface area contributed by atoms with Crippen molar-refractivity contribution in [1.82, 2.24) is 9.88 Å². The molecule has 0 radical (unpaired) electrons. The van der Waals surface area contributed by atoms with Crippen molar-refractivity contribution in [1.29, 1.82) is 0 Å². The topological polar surface area (TPSA) is 54.3 Å². The molecule has 0 spiro atoms. The Balaban J connectivity index is 2.08. The fourth-order valence-electron chi connectivity index (χ4n) is 2.62. The SMILES string of the molecule is O=C1NCC(CCO)n2cc(-c3cc(Cl)ccc3F)cc21. The molecule has 21 heavy (non-hydrogen) atoms. The number of fused-ring (bicyclic) bond motifs is 1. The molecule has 0 saturated carbocycles. The van der Waals surface area contributed by atoms with Gasteiger partial charge >= 0.3 is 0 Å². The molecule has 2 N–H and O–H groups in total. The van der Waals surface area contributed by atoms with E-state index in [0.717, 1.165) is 0 Å². The lowest BCUT2D eigenvalue weighted by Gasteiger charge is -2.25. The first-order valence-corrected chi connectivity index (χ1v) is 7.04. The third-order valence-electron chi connectivity index (χ3n) is 3.67. The number of carbonyl (C=O) groups is 1. The number of rotatable bonds is 3. The van der Waals surface area contributed by atoms with Crippen LogP contribution in [0.15, 0.2) is 30.5 Å². The van der Waals surface area contributed by atoms with Gasteiger partial charge in [-0.1, -0.05) is 11.6 Å². The average molecular weight is 309 g/mol. The molecular weight excluding hydrogens is 295 g/mol. The Kier molecular flexibility index (Phi) is 3.69. The largest absolute Gasteiger partial charge is 0.396 e. The maximum absolute atomic E-state index is 14.0. The highest BCUT2D eigenvalue weighted by Gasteiger charge is 2.26. The Morgan fingerprint density at radius 1 is 1.43 bits per heavy atom. The molecule has 0 aliphatic carbocycles. The minimum absolute atomic E-state index is 0.0268. The van der Waals surface area contributed by atoms with Gasteiger partial charge in [0.05, 0.1) is 6.04 Å². The van der Waals surface area contributed by atoms with Crippen LogP contribution in [0.2, 0.25) is 5.02 Å². The van der Waals surface area contributed by atoms with Crippen LogP contribution in [0, 0.1) is 5.82 Å². The number of halogens is 2. The predicted octanol–water partition coefficient (Wildman–Crippen LogP) is 2.61. The summed E-state index contributed by atoms with van der Waals surface area (Å²) in [6, 6.07) is 5.95. The van der Waals surface area contributed by atoms with Crippen LogP contribution in [-0.2, 0) is 0 Å². The van der Waals surface area contributed by atoms with Crippen molar-refractivity contribution < 1.29 is 14.3 Å². The molecule has 1 aromatic carbocycles. The van der Waals surface area contributed by atoms with Crippen molar-refractivity contribution >= 4 is 17.5 Å². The summed E-state index contributed by atoms with van der Waals surface area (Å²) >= 11 is 5.91. The Morgan fingerprint density at radius 3 is 3.00 bits per heavy atom. The number of aromatic nitrogens is 1. The van der Waals surface area contributed by atoms with Crippen molar-refractivity contribution in [3.63, 3.8) is 0 Å². The Hall–Kier alpha value is -1.85. The zero-order chi connectivity index (χ0) is 15.0. The highest BCUT2D eigenvalue weighted by molar-refractivity contribution is 6.30. The average Bonchev–Trinajstić information content (AvgIpc) is 2.91. The van der Waals surface area contributed by atoms with E-state index >= 15 is 0 Å². The van der Waals surface area contributed by atoms with E-state index in [-0.39, 0.29) is 24.4 Å². The summed E-state index contributed by atoms with van der Waals surface area (Å²) in [7, 11) is 0. The lowest BCUT2D eigenvalue weighted by Crippen LogP contribution is -2.38. The van der Waals surface area contributed by atoms with Crippen LogP contribution in [-0.4, -0.2) is 28.7 Å². The molecule has 1 unspecified atom stereocenters. The molecule has 0 saturated heterocycles. The summed E-state index contributed by atoms with van der Waals surface area (Å²) < 4.78 is 15.8. The fourth-order valence-corrected chi connectivity index (χ4v) is 2.79. The van der Waals surface area contributed by atoms with Gasteiger partial charge in [0, 0.05) is 35.5 Å². The number of amides is 1. The standard InChI is InChI=1S/C15H14ClFN2O2/c16-10-1-2-13(17)12(6-10)9-5-14-15(21)18-7-11(3-4-20)19(14)8-9/h1-2,5-6,8,11,20H,3-4,7H2,(H,18,21). The molecule has 1 aromatic heterocycles. The van der Waals surface area contributed by atoms with Crippen LogP contribution in [0.4, 0.5) is 4.39 Å². The van der Waals surface area contributed by atoms with Gasteiger partial charge in [0.1, 0.15) is 11.5 Å². The Morgan fingerprint density at radius 2 is 2.24 bits per heavy atom. The second-order valence-corrected chi connectivity index (χ2v) is 5.46. The third kappa shape index (κ3) is 2.54. The molecule has 4 nitrogen and oxygen atoms in total. The predicted molar refractivity (Wildman–Crippen MR) is 77.9 cm³/mol. The van der Waals surface area contributed by atoms with Crippen LogP contribution in [0.1, 0.15) is 23.0 Å². The van der Waals surface area contributed by atoms with E-state index in [1.807, 2.05) is 0 Å².